The summed E-state index contributed by atoms with van der Waals surface area (Å²) in [5.41, 5.74) is 0.695. The number of aromatic nitrogens is 1. The third-order valence-electron chi connectivity index (χ3n) is 7.33. The molecule has 1 aliphatic rings. The Morgan fingerprint density at radius 1 is 0.851 bits per heavy atom. The predicted octanol–water partition coefficient (Wildman–Crippen LogP) is 6.43. The first-order valence-electron chi connectivity index (χ1n) is 14.6. The summed E-state index contributed by atoms with van der Waals surface area (Å²) in [4.78, 5) is 26.8. The molecule has 5 rings (SSSR count). The van der Waals surface area contributed by atoms with Crippen molar-refractivity contribution < 1.29 is 46.4 Å². The van der Waals surface area contributed by atoms with Crippen LogP contribution in [0.4, 0.5) is 11.6 Å². The Labute approximate surface area is 271 Å². The van der Waals surface area contributed by atoms with E-state index < -0.39 is 58.7 Å². The highest BCUT2D eigenvalue weighted by molar-refractivity contribution is 7.92. The average Bonchev–Trinajstić information content (AvgIpc) is 3.29. The lowest BCUT2D eigenvalue weighted by atomic mass is 9.82. The first-order chi connectivity index (χ1) is 22.0. The van der Waals surface area contributed by atoms with E-state index in [2.05, 4.69) is 15.2 Å². The molecule has 0 spiro atoms. The standard InChI is InChI=1S/C32H34N3O10PS/c1-16(2)44-46(40,45-17(3)4)32(33-21-10-12-22(13-11-21)47(41,42)35-31-18(5)19(6)34-43-31)20-14-24-28(26(37)15-20)30(39)27-23(29(24)38)8-7-9-25(27)36/h7-17,32-33,35-37H,1-6H3. The number of carbonyl (C=O) groups is 2. The van der Waals surface area contributed by atoms with Gasteiger partial charge in [-0.3, -0.25) is 14.2 Å². The van der Waals surface area contributed by atoms with Gasteiger partial charge in [0, 0.05) is 22.4 Å². The Kier molecular flexibility index (Phi) is 9.08. The smallest absolute Gasteiger partial charge is 0.357 e. The Balaban J connectivity index is 1.57. The van der Waals surface area contributed by atoms with E-state index >= 15 is 0 Å². The van der Waals surface area contributed by atoms with E-state index in [1.165, 1.54) is 54.6 Å². The Hall–Kier alpha value is -4.49. The number of sulfonamides is 1. The molecule has 1 unspecified atom stereocenters. The molecule has 1 atom stereocenters. The molecule has 0 saturated carbocycles. The van der Waals surface area contributed by atoms with Gasteiger partial charge in [-0.1, -0.05) is 17.3 Å². The van der Waals surface area contributed by atoms with Crippen LogP contribution in [0.2, 0.25) is 0 Å². The van der Waals surface area contributed by atoms with E-state index in [4.69, 9.17) is 13.6 Å². The van der Waals surface area contributed by atoms with Gasteiger partial charge in [-0.2, -0.15) is 0 Å². The monoisotopic (exact) mass is 683 g/mol. The average molecular weight is 684 g/mol. The van der Waals surface area contributed by atoms with Crippen LogP contribution in [0.25, 0.3) is 0 Å². The van der Waals surface area contributed by atoms with Crippen molar-refractivity contribution in [3.63, 3.8) is 0 Å². The van der Waals surface area contributed by atoms with Gasteiger partial charge in [-0.05, 0) is 89.6 Å². The van der Waals surface area contributed by atoms with Crippen molar-refractivity contribution in [2.45, 2.75) is 64.4 Å². The summed E-state index contributed by atoms with van der Waals surface area (Å²) in [6.45, 7) is 9.99. The van der Waals surface area contributed by atoms with Gasteiger partial charge in [0.05, 0.1) is 33.9 Å². The van der Waals surface area contributed by atoms with Crippen LogP contribution in [0, 0.1) is 13.8 Å². The third-order valence-corrected chi connectivity index (χ3v) is 11.2. The molecule has 1 heterocycles. The highest BCUT2D eigenvalue weighted by atomic mass is 32.2. The van der Waals surface area contributed by atoms with Gasteiger partial charge < -0.3 is 29.1 Å². The number of phenolic OH excluding ortho intramolecular Hbond substituents is 2. The zero-order chi connectivity index (χ0) is 34.4. The second kappa shape index (κ2) is 12.6. The fraction of sp³-hybridized carbons (Fsp3) is 0.281. The summed E-state index contributed by atoms with van der Waals surface area (Å²) in [7, 11) is -8.27. The number of hydrogen-bond donors (Lipinski definition) is 4. The fourth-order valence-corrected chi connectivity index (χ4v) is 8.46. The Morgan fingerprint density at radius 3 is 2.04 bits per heavy atom. The van der Waals surface area contributed by atoms with Crippen molar-refractivity contribution in [2.75, 3.05) is 10.0 Å². The minimum absolute atomic E-state index is 0.0135. The van der Waals surface area contributed by atoms with Crippen molar-refractivity contribution in [3.8, 4) is 11.5 Å². The van der Waals surface area contributed by atoms with Gasteiger partial charge in [0.15, 0.2) is 11.6 Å². The summed E-state index contributed by atoms with van der Waals surface area (Å²) in [5.74, 6) is -3.73. The molecular formula is C32H34N3O10PS. The van der Waals surface area contributed by atoms with Gasteiger partial charge in [-0.15, -0.1) is 0 Å². The van der Waals surface area contributed by atoms with Crippen LogP contribution in [0.5, 0.6) is 11.5 Å². The zero-order valence-electron chi connectivity index (χ0n) is 26.4. The largest absolute Gasteiger partial charge is 0.507 e. The number of aromatic hydroxyl groups is 2. The highest BCUT2D eigenvalue weighted by Crippen LogP contribution is 2.63. The maximum absolute atomic E-state index is 14.6. The fourth-order valence-electron chi connectivity index (χ4n) is 5.12. The lowest BCUT2D eigenvalue weighted by Crippen LogP contribution is -2.23. The molecule has 0 fully saturated rings. The van der Waals surface area contributed by atoms with E-state index in [1.807, 2.05) is 0 Å². The van der Waals surface area contributed by atoms with Crippen molar-refractivity contribution in [1.82, 2.24) is 5.16 Å². The molecule has 0 radical (unpaired) electrons. The van der Waals surface area contributed by atoms with Crippen LogP contribution < -0.4 is 10.0 Å². The van der Waals surface area contributed by atoms with E-state index in [-0.39, 0.29) is 44.3 Å². The summed E-state index contributed by atoms with van der Waals surface area (Å²) in [6.07, 6.45) is -1.18. The van der Waals surface area contributed by atoms with E-state index in [0.29, 0.717) is 11.3 Å². The topological polar surface area (TPSA) is 194 Å². The lowest BCUT2D eigenvalue weighted by molar-refractivity contribution is 0.0974. The van der Waals surface area contributed by atoms with Crippen LogP contribution in [-0.4, -0.2) is 47.6 Å². The molecule has 0 saturated heterocycles. The SMILES string of the molecule is Cc1noc(NS(=O)(=O)c2ccc(NC(c3cc(O)c4c(c3)C(=O)c3cccc(O)c3C4=O)P(=O)(OC(C)C)OC(C)C)cc2)c1C. The summed E-state index contributed by atoms with van der Waals surface area (Å²) in [6, 6.07) is 12.1. The van der Waals surface area contributed by atoms with E-state index in [9.17, 15) is 32.8 Å². The molecule has 4 aromatic rings. The van der Waals surface area contributed by atoms with E-state index in [1.54, 1.807) is 41.5 Å². The van der Waals surface area contributed by atoms with Crippen molar-refractivity contribution in [2.24, 2.45) is 0 Å². The van der Waals surface area contributed by atoms with Crippen LogP contribution in [0.3, 0.4) is 0 Å². The molecule has 4 N–H and O–H groups in total. The Bertz CT molecular complexity index is 2020. The number of carbonyl (C=O) groups excluding carboxylic acids is 2. The number of benzene rings is 3. The number of aryl methyl sites for hydroxylation is 1. The van der Waals surface area contributed by atoms with Gasteiger partial charge in [0.2, 0.25) is 11.7 Å². The van der Waals surface area contributed by atoms with Crippen LogP contribution >= 0.6 is 7.60 Å². The zero-order valence-corrected chi connectivity index (χ0v) is 28.1. The minimum atomic E-state index is -4.20. The highest BCUT2D eigenvalue weighted by Gasteiger charge is 2.42. The van der Waals surface area contributed by atoms with Crippen LogP contribution in [0.1, 0.15) is 82.1 Å². The molecule has 1 aromatic heterocycles. The first kappa shape index (κ1) is 33.9. The maximum atomic E-state index is 14.6. The molecule has 15 heteroatoms. The number of nitrogens with one attached hydrogen (secondary N) is 2. The lowest BCUT2D eigenvalue weighted by Gasteiger charge is -2.32. The predicted molar refractivity (Wildman–Crippen MR) is 173 cm³/mol. The number of rotatable bonds is 11. The maximum Gasteiger partial charge on any atom is 0.357 e. The number of phenols is 2. The Morgan fingerprint density at radius 2 is 1.47 bits per heavy atom. The summed E-state index contributed by atoms with van der Waals surface area (Å²) >= 11 is 0. The van der Waals surface area contributed by atoms with Crippen molar-refractivity contribution in [3.05, 3.63) is 93.7 Å². The minimum Gasteiger partial charge on any atom is -0.507 e. The number of anilines is 2. The molecule has 1 aliphatic carbocycles. The first-order valence-corrected chi connectivity index (χ1v) is 17.7. The number of fused-ring (bicyclic) bond motifs is 2. The summed E-state index contributed by atoms with van der Waals surface area (Å²) in [5, 5.41) is 28.3. The van der Waals surface area contributed by atoms with E-state index in [0.717, 1.165) is 0 Å². The summed E-state index contributed by atoms with van der Waals surface area (Å²) < 4.78 is 59.9. The normalized spacial score (nSPS) is 13.9. The van der Waals surface area contributed by atoms with Crippen molar-refractivity contribution >= 4 is 40.8 Å². The molecule has 13 nitrogen and oxygen atoms in total. The third kappa shape index (κ3) is 6.54. The van der Waals surface area contributed by atoms with Gasteiger partial charge in [0.1, 0.15) is 11.5 Å². The number of hydrogen-bond acceptors (Lipinski definition) is 12. The quantitative estimate of drug-likeness (QED) is 0.112. The molecule has 3 aromatic carbocycles. The van der Waals surface area contributed by atoms with Crippen LogP contribution in [-0.2, 0) is 23.6 Å². The number of ketones is 2. The van der Waals surface area contributed by atoms with Gasteiger partial charge in [-0.25, -0.2) is 13.1 Å². The van der Waals surface area contributed by atoms with Crippen LogP contribution in [0.15, 0.2) is 64.0 Å². The second-order valence-corrected chi connectivity index (χ2v) is 15.3. The molecule has 0 aliphatic heterocycles. The number of nitrogens with zero attached hydrogens (tertiary/aromatic N) is 1. The second-order valence-electron chi connectivity index (χ2n) is 11.6. The molecule has 47 heavy (non-hydrogen) atoms. The van der Waals surface area contributed by atoms with Gasteiger partial charge in [0.25, 0.3) is 10.0 Å². The molecule has 0 bridgehead atoms. The molecular weight excluding hydrogens is 649 g/mol. The van der Waals surface area contributed by atoms with Gasteiger partial charge >= 0.3 is 7.60 Å². The molecule has 248 valence electrons. The molecule has 0 amide bonds. The van der Waals surface area contributed by atoms with Crippen molar-refractivity contribution in [1.29, 1.82) is 0 Å².